The zero-order chi connectivity index (χ0) is 14.7. The van der Waals surface area contributed by atoms with E-state index in [-0.39, 0.29) is 0 Å². The SMILES string of the molecule is Nc1ccc(-c2c(N)cccc2Oc2ccccc2)cc1. The van der Waals surface area contributed by atoms with E-state index < -0.39 is 0 Å². The highest BCUT2D eigenvalue weighted by Crippen LogP contribution is 2.37. The molecule has 3 aromatic carbocycles. The molecule has 0 spiro atoms. The molecule has 0 aliphatic heterocycles. The fraction of sp³-hybridized carbons (Fsp3) is 0. The van der Waals surface area contributed by atoms with E-state index in [0.29, 0.717) is 5.69 Å². The molecule has 3 heteroatoms. The Labute approximate surface area is 123 Å². The van der Waals surface area contributed by atoms with Gasteiger partial charge in [-0.1, -0.05) is 36.4 Å². The van der Waals surface area contributed by atoms with Crippen LogP contribution in [0.25, 0.3) is 11.1 Å². The molecule has 0 saturated carbocycles. The third-order valence-corrected chi connectivity index (χ3v) is 3.23. The summed E-state index contributed by atoms with van der Waals surface area (Å²) in [5.41, 5.74) is 15.1. The lowest BCUT2D eigenvalue weighted by molar-refractivity contribution is 0.485. The Morgan fingerprint density at radius 3 is 2.10 bits per heavy atom. The van der Waals surface area contributed by atoms with E-state index in [0.717, 1.165) is 28.3 Å². The summed E-state index contributed by atoms with van der Waals surface area (Å²) in [6.45, 7) is 0. The van der Waals surface area contributed by atoms with Crippen LogP contribution >= 0.6 is 0 Å². The monoisotopic (exact) mass is 276 g/mol. The number of anilines is 2. The van der Waals surface area contributed by atoms with Crippen LogP contribution in [0.15, 0.2) is 72.8 Å². The van der Waals surface area contributed by atoms with Gasteiger partial charge in [0.2, 0.25) is 0 Å². The Morgan fingerprint density at radius 1 is 0.667 bits per heavy atom. The predicted molar refractivity (Wildman–Crippen MR) is 87.2 cm³/mol. The molecule has 0 unspecified atom stereocenters. The number of hydrogen-bond acceptors (Lipinski definition) is 3. The first-order valence-electron chi connectivity index (χ1n) is 6.71. The number of nitrogen functional groups attached to an aromatic ring is 2. The van der Waals surface area contributed by atoms with Crippen molar-refractivity contribution in [1.29, 1.82) is 0 Å². The van der Waals surface area contributed by atoms with Crippen molar-refractivity contribution in [3.8, 4) is 22.6 Å². The van der Waals surface area contributed by atoms with Crippen LogP contribution in [0.5, 0.6) is 11.5 Å². The number of nitrogens with two attached hydrogens (primary N) is 2. The second kappa shape index (κ2) is 5.59. The van der Waals surface area contributed by atoms with E-state index in [1.165, 1.54) is 0 Å². The van der Waals surface area contributed by atoms with Crippen molar-refractivity contribution < 1.29 is 4.74 Å². The van der Waals surface area contributed by atoms with Gasteiger partial charge >= 0.3 is 0 Å². The molecule has 0 radical (unpaired) electrons. The van der Waals surface area contributed by atoms with E-state index >= 15 is 0 Å². The Kier molecular flexibility index (Phi) is 3.48. The summed E-state index contributed by atoms with van der Waals surface area (Å²) in [4.78, 5) is 0. The number of para-hydroxylation sites is 1. The van der Waals surface area contributed by atoms with E-state index in [2.05, 4.69) is 0 Å². The quantitative estimate of drug-likeness (QED) is 0.701. The van der Waals surface area contributed by atoms with Gasteiger partial charge in [0, 0.05) is 16.9 Å². The van der Waals surface area contributed by atoms with Crippen molar-refractivity contribution in [2.45, 2.75) is 0 Å². The molecule has 3 aromatic rings. The molecule has 0 bridgehead atoms. The van der Waals surface area contributed by atoms with Crippen molar-refractivity contribution >= 4 is 11.4 Å². The topological polar surface area (TPSA) is 61.3 Å². The summed E-state index contributed by atoms with van der Waals surface area (Å²) in [5, 5.41) is 0. The van der Waals surface area contributed by atoms with Gasteiger partial charge in [-0.15, -0.1) is 0 Å². The van der Waals surface area contributed by atoms with Crippen LogP contribution in [0.2, 0.25) is 0 Å². The third-order valence-electron chi connectivity index (χ3n) is 3.23. The lowest BCUT2D eigenvalue weighted by Crippen LogP contribution is -1.94. The molecule has 0 heterocycles. The molecule has 3 rings (SSSR count). The van der Waals surface area contributed by atoms with Crippen molar-refractivity contribution in [2.75, 3.05) is 11.5 Å². The summed E-state index contributed by atoms with van der Waals surface area (Å²) in [6, 6.07) is 22.9. The minimum absolute atomic E-state index is 0.674. The minimum atomic E-state index is 0.674. The Bertz CT molecular complexity index is 737. The lowest BCUT2D eigenvalue weighted by Gasteiger charge is -2.14. The summed E-state index contributed by atoms with van der Waals surface area (Å²) < 4.78 is 5.96. The molecule has 0 saturated heterocycles. The molecule has 104 valence electrons. The van der Waals surface area contributed by atoms with Crippen molar-refractivity contribution in [2.24, 2.45) is 0 Å². The standard InChI is InChI=1S/C18H16N2O/c19-14-11-9-13(10-12-14)18-16(20)7-4-8-17(18)21-15-5-2-1-3-6-15/h1-12H,19-20H2. The number of ether oxygens (including phenoxy) is 1. The van der Waals surface area contributed by atoms with Gasteiger partial charge in [-0.05, 0) is 42.0 Å². The second-order valence-electron chi connectivity index (χ2n) is 4.76. The van der Waals surface area contributed by atoms with Crippen LogP contribution in [-0.4, -0.2) is 0 Å². The average Bonchev–Trinajstić information content (AvgIpc) is 2.50. The average molecular weight is 276 g/mol. The molecule has 3 nitrogen and oxygen atoms in total. The van der Waals surface area contributed by atoms with Crippen molar-refractivity contribution in [3.05, 3.63) is 72.8 Å². The summed E-state index contributed by atoms with van der Waals surface area (Å²) >= 11 is 0. The van der Waals surface area contributed by atoms with Gasteiger partial charge in [0.15, 0.2) is 0 Å². The third kappa shape index (κ3) is 2.82. The Hall–Kier alpha value is -2.94. The first-order valence-corrected chi connectivity index (χ1v) is 6.71. The number of benzene rings is 3. The molecular formula is C18H16N2O. The first-order chi connectivity index (χ1) is 10.2. The molecule has 0 amide bonds. The van der Waals surface area contributed by atoms with Crippen molar-refractivity contribution in [3.63, 3.8) is 0 Å². The van der Waals surface area contributed by atoms with Crippen LogP contribution in [0.1, 0.15) is 0 Å². The maximum Gasteiger partial charge on any atom is 0.137 e. The fourth-order valence-corrected chi connectivity index (χ4v) is 2.21. The van der Waals surface area contributed by atoms with E-state index in [1.807, 2.05) is 72.8 Å². The van der Waals surface area contributed by atoms with Gasteiger partial charge in [0.05, 0.1) is 0 Å². The largest absolute Gasteiger partial charge is 0.457 e. The molecule has 4 N–H and O–H groups in total. The molecule has 0 aromatic heterocycles. The van der Waals surface area contributed by atoms with E-state index in [9.17, 15) is 0 Å². The van der Waals surface area contributed by atoms with Crippen LogP contribution in [-0.2, 0) is 0 Å². The Balaban J connectivity index is 2.05. The lowest BCUT2D eigenvalue weighted by atomic mass is 10.0. The van der Waals surface area contributed by atoms with Gasteiger partial charge in [-0.25, -0.2) is 0 Å². The number of rotatable bonds is 3. The zero-order valence-corrected chi connectivity index (χ0v) is 11.5. The molecule has 21 heavy (non-hydrogen) atoms. The highest BCUT2D eigenvalue weighted by Gasteiger charge is 2.10. The van der Waals surface area contributed by atoms with Crippen molar-refractivity contribution in [1.82, 2.24) is 0 Å². The number of hydrogen-bond donors (Lipinski definition) is 2. The highest BCUT2D eigenvalue weighted by atomic mass is 16.5. The molecule has 0 aliphatic carbocycles. The van der Waals surface area contributed by atoms with E-state index in [1.54, 1.807) is 0 Å². The van der Waals surface area contributed by atoms with E-state index in [4.69, 9.17) is 16.2 Å². The van der Waals surface area contributed by atoms with Gasteiger partial charge in [0.25, 0.3) is 0 Å². The van der Waals surface area contributed by atoms with Crippen LogP contribution in [0.3, 0.4) is 0 Å². The molecular weight excluding hydrogens is 260 g/mol. The predicted octanol–water partition coefficient (Wildman–Crippen LogP) is 4.31. The van der Waals surface area contributed by atoms with Crippen LogP contribution in [0, 0.1) is 0 Å². The maximum atomic E-state index is 6.13. The van der Waals surface area contributed by atoms with Crippen LogP contribution in [0.4, 0.5) is 11.4 Å². The maximum absolute atomic E-state index is 6.13. The second-order valence-corrected chi connectivity index (χ2v) is 4.76. The normalized spacial score (nSPS) is 10.3. The molecule has 0 aliphatic rings. The zero-order valence-electron chi connectivity index (χ0n) is 11.5. The summed E-state index contributed by atoms with van der Waals surface area (Å²) in [7, 11) is 0. The minimum Gasteiger partial charge on any atom is -0.457 e. The molecule has 0 fully saturated rings. The summed E-state index contributed by atoms with van der Waals surface area (Å²) in [6.07, 6.45) is 0. The van der Waals surface area contributed by atoms with Gasteiger partial charge < -0.3 is 16.2 Å². The van der Waals surface area contributed by atoms with Gasteiger partial charge in [-0.3, -0.25) is 0 Å². The van der Waals surface area contributed by atoms with Crippen LogP contribution < -0.4 is 16.2 Å². The van der Waals surface area contributed by atoms with Gasteiger partial charge in [0.1, 0.15) is 11.5 Å². The molecule has 0 atom stereocenters. The highest BCUT2D eigenvalue weighted by molar-refractivity contribution is 5.82. The first kappa shape index (κ1) is 13.1. The van der Waals surface area contributed by atoms with Gasteiger partial charge in [-0.2, -0.15) is 0 Å². The Morgan fingerprint density at radius 2 is 1.38 bits per heavy atom. The fourth-order valence-electron chi connectivity index (χ4n) is 2.21. The summed E-state index contributed by atoms with van der Waals surface area (Å²) in [5.74, 6) is 1.51. The smallest absolute Gasteiger partial charge is 0.137 e.